The van der Waals surface area contributed by atoms with Crippen LogP contribution in [0.25, 0.3) is 0 Å². The number of hydrogen-bond donors (Lipinski definition) is 3. The number of benzene rings is 3. The van der Waals surface area contributed by atoms with Crippen LogP contribution >= 0.6 is 0 Å². The number of H-pyrrole nitrogens is 1. The van der Waals surface area contributed by atoms with Gasteiger partial charge in [-0.2, -0.15) is 0 Å². The number of carbonyl (C=O) groups is 1. The lowest BCUT2D eigenvalue weighted by atomic mass is 10.1. The first-order valence-corrected chi connectivity index (χ1v) is 11.1. The number of amides is 1. The lowest BCUT2D eigenvalue weighted by Gasteiger charge is -2.22. The molecular weight excluding hydrogens is 447 g/mol. The number of para-hydroxylation sites is 1. The van der Waals surface area contributed by atoms with Crippen molar-refractivity contribution < 1.29 is 14.3 Å². The second kappa shape index (κ2) is 10.6. The molecule has 0 spiro atoms. The third-order valence-corrected chi connectivity index (χ3v) is 5.55. The van der Waals surface area contributed by atoms with Gasteiger partial charge in [-0.25, -0.2) is 9.37 Å². The number of halogens is 1. The van der Waals surface area contributed by atoms with Crippen LogP contribution in [0, 0.1) is 5.82 Å². The van der Waals surface area contributed by atoms with Gasteiger partial charge in [0.25, 0.3) is 11.5 Å². The number of anilines is 1. The molecule has 4 aromatic rings. The quantitative estimate of drug-likeness (QED) is 0.363. The number of nitrogens with one attached hydrogen (secondary N) is 2. The summed E-state index contributed by atoms with van der Waals surface area (Å²) in [5.41, 5.74) is 2.52. The summed E-state index contributed by atoms with van der Waals surface area (Å²) in [5.74, 6) is -1.58. The number of aromatic amines is 1. The molecule has 3 aromatic carbocycles. The van der Waals surface area contributed by atoms with Crippen LogP contribution in [0.2, 0.25) is 0 Å². The molecule has 0 saturated carbocycles. The van der Waals surface area contributed by atoms with E-state index in [1.807, 2.05) is 49.5 Å². The Morgan fingerprint density at radius 2 is 1.69 bits per heavy atom. The van der Waals surface area contributed by atoms with Crippen LogP contribution in [0.15, 0.2) is 83.7 Å². The van der Waals surface area contributed by atoms with Gasteiger partial charge in [0, 0.05) is 32.2 Å². The van der Waals surface area contributed by atoms with Crippen molar-refractivity contribution in [2.75, 3.05) is 11.9 Å². The van der Waals surface area contributed by atoms with Gasteiger partial charge in [0.05, 0.1) is 0 Å². The van der Waals surface area contributed by atoms with Crippen molar-refractivity contribution in [3.8, 4) is 5.75 Å². The zero-order valence-corrected chi connectivity index (χ0v) is 19.2. The van der Waals surface area contributed by atoms with Crippen LogP contribution in [-0.2, 0) is 19.5 Å². The molecule has 8 heteroatoms. The average Bonchev–Trinajstić information content (AvgIpc) is 2.86. The highest BCUT2D eigenvalue weighted by Crippen LogP contribution is 2.23. The van der Waals surface area contributed by atoms with E-state index in [9.17, 15) is 19.1 Å². The average molecular weight is 473 g/mol. The van der Waals surface area contributed by atoms with E-state index in [2.05, 4.69) is 32.3 Å². The topological polar surface area (TPSA) is 98.3 Å². The second-order valence-electron chi connectivity index (χ2n) is 8.17. The first-order valence-electron chi connectivity index (χ1n) is 11.1. The Bertz CT molecular complexity index is 1370. The van der Waals surface area contributed by atoms with Gasteiger partial charge in [0.2, 0.25) is 5.75 Å². The Morgan fingerprint density at radius 1 is 1.00 bits per heavy atom. The van der Waals surface area contributed by atoms with Crippen molar-refractivity contribution in [2.45, 2.75) is 19.5 Å². The summed E-state index contributed by atoms with van der Waals surface area (Å²) in [6.45, 7) is 0.782. The van der Waals surface area contributed by atoms with Crippen LogP contribution in [0.4, 0.5) is 10.1 Å². The summed E-state index contributed by atoms with van der Waals surface area (Å²) in [6, 6.07) is 23.4. The lowest BCUT2D eigenvalue weighted by Crippen LogP contribution is -2.27. The molecule has 0 saturated heterocycles. The van der Waals surface area contributed by atoms with E-state index in [4.69, 9.17) is 0 Å². The molecule has 0 aliphatic heterocycles. The summed E-state index contributed by atoms with van der Waals surface area (Å²) in [6.07, 6.45) is 0.253. The van der Waals surface area contributed by atoms with Gasteiger partial charge >= 0.3 is 0 Å². The Morgan fingerprint density at radius 3 is 2.43 bits per heavy atom. The van der Waals surface area contributed by atoms with Gasteiger partial charge in [-0.15, -0.1) is 0 Å². The van der Waals surface area contributed by atoms with E-state index in [0.717, 1.165) is 16.8 Å². The number of aromatic nitrogens is 2. The van der Waals surface area contributed by atoms with Crippen molar-refractivity contribution in [1.82, 2.24) is 15.3 Å². The number of carbonyl (C=O) groups excluding carboxylic acids is 1. The highest BCUT2D eigenvalue weighted by atomic mass is 19.1. The van der Waals surface area contributed by atoms with Gasteiger partial charge in [0.15, 0.2) is 5.69 Å². The minimum absolute atomic E-state index is 0.0927. The number of hydrogen-bond acceptors (Lipinski definition) is 5. The maximum Gasteiger partial charge on any atom is 0.293 e. The third-order valence-electron chi connectivity index (χ3n) is 5.55. The van der Waals surface area contributed by atoms with Crippen molar-refractivity contribution in [3.05, 3.63) is 123 Å². The van der Waals surface area contributed by atoms with E-state index in [-0.39, 0.29) is 30.3 Å². The molecule has 1 amide bonds. The third kappa shape index (κ3) is 5.92. The molecule has 3 N–H and O–H groups in total. The smallest absolute Gasteiger partial charge is 0.293 e. The molecule has 178 valence electrons. The fraction of sp³-hybridized carbons (Fsp3) is 0.148. The summed E-state index contributed by atoms with van der Waals surface area (Å²) in [7, 11) is 1.98. The van der Waals surface area contributed by atoms with Gasteiger partial charge in [0.1, 0.15) is 11.6 Å². The zero-order valence-electron chi connectivity index (χ0n) is 19.2. The van der Waals surface area contributed by atoms with Crippen LogP contribution in [0.1, 0.15) is 33.0 Å². The van der Waals surface area contributed by atoms with E-state index in [0.29, 0.717) is 12.1 Å². The zero-order chi connectivity index (χ0) is 24.8. The summed E-state index contributed by atoms with van der Waals surface area (Å²) in [4.78, 5) is 33.9. The molecule has 0 aliphatic carbocycles. The largest absolute Gasteiger partial charge is 0.501 e. The van der Waals surface area contributed by atoms with E-state index in [1.54, 1.807) is 0 Å². The Hall–Kier alpha value is -4.46. The fourth-order valence-corrected chi connectivity index (χ4v) is 3.78. The molecule has 1 heterocycles. The standard InChI is InChI=1S/C27H25FN4O3/c1-32(17-19-7-3-2-4-8-19)22-10-6-5-9-20(22)15-23-30-24(25(33)27(35)31-23)26(34)29-16-18-11-13-21(28)14-12-18/h2-14,33H,15-17H2,1H3,(H,29,34)(H,30,31,35). The van der Waals surface area contributed by atoms with Crippen LogP contribution < -0.4 is 15.8 Å². The molecule has 1 aromatic heterocycles. The predicted octanol–water partition coefficient (Wildman–Crippen LogP) is 3.77. The molecular formula is C27H25FN4O3. The summed E-state index contributed by atoms with van der Waals surface area (Å²) < 4.78 is 13.1. The van der Waals surface area contributed by atoms with Crippen molar-refractivity contribution in [3.63, 3.8) is 0 Å². The van der Waals surface area contributed by atoms with Crippen LogP contribution in [-0.4, -0.2) is 28.0 Å². The molecule has 4 rings (SSSR count). The molecule has 0 bridgehead atoms. The predicted molar refractivity (Wildman–Crippen MR) is 132 cm³/mol. The Balaban J connectivity index is 1.54. The molecule has 7 nitrogen and oxygen atoms in total. The molecule has 0 aliphatic rings. The summed E-state index contributed by atoms with van der Waals surface area (Å²) >= 11 is 0. The molecule has 35 heavy (non-hydrogen) atoms. The maximum absolute atomic E-state index is 13.1. The normalized spacial score (nSPS) is 10.7. The number of nitrogens with zero attached hydrogens (tertiary/aromatic N) is 2. The SMILES string of the molecule is CN(Cc1ccccc1)c1ccccc1Cc1nc(C(=O)NCc2ccc(F)cc2)c(O)c(=O)[nH]1. The maximum atomic E-state index is 13.1. The molecule has 0 radical (unpaired) electrons. The number of rotatable bonds is 8. The summed E-state index contributed by atoms with van der Waals surface area (Å²) in [5, 5.41) is 12.8. The first-order chi connectivity index (χ1) is 16.9. The first kappa shape index (κ1) is 23.7. The Kier molecular flexibility index (Phi) is 7.21. The number of aromatic hydroxyl groups is 1. The van der Waals surface area contributed by atoms with E-state index < -0.39 is 17.2 Å². The van der Waals surface area contributed by atoms with Crippen LogP contribution in [0.3, 0.4) is 0 Å². The highest BCUT2D eigenvalue weighted by Gasteiger charge is 2.19. The minimum Gasteiger partial charge on any atom is -0.501 e. The highest BCUT2D eigenvalue weighted by molar-refractivity contribution is 5.94. The van der Waals surface area contributed by atoms with Crippen LogP contribution in [0.5, 0.6) is 5.75 Å². The van der Waals surface area contributed by atoms with Gasteiger partial charge < -0.3 is 20.3 Å². The van der Waals surface area contributed by atoms with Gasteiger partial charge in [-0.05, 0) is 34.9 Å². The molecule has 0 atom stereocenters. The minimum atomic E-state index is -0.794. The Labute approximate surface area is 201 Å². The molecule has 0 unspecified atom stereocenters. The van der Waals surface area contributed by atoms with E-state index in [1.165, 1.54) is 24.3 Å². The molecule has 0 fully saturated rings. The van der Waals surface area contributed by atoms with Crippen molar-refractivity contribution in [1.29, 1.82) is 0 Å². The van der Waals surface area contributed by atoms with Gasteiger partial charge in [-0.1, -0.05) is 60.7 Å². The second-order valence-corrected chi connectivity index (χ2v) is 8.17. The van der Waals surface area contributed by atoms with Gasteiger partial charge in [-0.3, -0.25) is 9.59 Å². The fourth-order valence-electron chi connectivity index (χ4n) is 3.78. The van der Waals surface area contributed by atoms with Crippen molar-refractivity contribution in [2.24, 2.45) is 0 Å². The monoisotopic (exact) mass is 472 g/mol. The van der Waals surface area contributed by atoms with Crippen molar-refractivity contribution >= 4 is 11.6 Å². The lowest BCUT2D eigenvalue weighted by molar-refractivity contribution is 0.0942. The van der Waals surface area contributed by atoms with E-state index >= 15 is 0 Å².